The Hall–Kier alpha value is 0.240. The average molecular weight is 302 g/mol. The molecule has 0 spiro atoms. The highest BCUT2D eigenvalue weighted by molar-refractivity contribution is 4.87. The molecule has 16 heavy (non-hydrogen) atoms. The molecule has 1 fully saturated rings. The summed E-state index contributed by atoms with van der Waals surface area (Å²) in [4.78, 5) is 0. The molecule has 0 aromatic rings. The molecule has 0 radical (unpaired) electrons. The highest BCUT2D eigenvalue weighted by Crippen LogP contribution is 2.24. The Labute approximate surface area is 105 Å². The fraction of sp³-hybridized carbons (Fsp3) is 1.00. The maximum Gasteiger partial charge on any atom is 0.141 e. The lowest BCUT2D eigenvalue weighted by molar-refractivity contribution is -0.946. The molecule has 1 unspecified atom stereocenters. The lowest BCUT2D eigenvalue weighted by Gasteiger charge is -2.49. The summed E-state index contributed by atoms with van der Waals surface area (Å²) in [5.74, 6) is 0. The monoisotopic (exact) mass is 301 g/mol. The third-order valence-electron chi connectivity index (χ3n) is 3.34. The van der Waals surface area contributed by atoms with E-state index >= 15 is 0 Å². The topological polar surface area (TPSA) is 101 Å². The van der Waals surface area contributed by atoms with Crippen molar-refractivity contribution in [1.82, 2.24) is 0 Å². The largest absolute Gasteiger partial charge is 1.00 e. The van der Waals surface area contributed by atoms with Crippen LogP contribution in [-0.4, -0.2) is 87.7 Å². The summed E-state index contributed by atoms with van der Waals surface area (Å²) in [6, 6.07) is -0.574. The first kappa shape index (κ1) is 16.2. The summed E-state index contributed by atoms with van der Waals surface area (Å²) in [5.41, 5.74) is 0. The molecule has 1 rings (SSSR count). The van der Waals surface area contributed by atoms with E-state index in [1.807, 2.05) is 0 Å². The Morgan fingerprint density at radius 2 is 1.69 bits per heavy atom. The van der Waals surface area contributed by atoms with Crippen LogP contribution >= 0.6 is 0 Å². The molecule has 1 heterocycles. The molecule has 0 amide bonds. The van der Waals surface area contributed by atoms with E-state index in [0.29, 0.717) is 6.54 Å². The summed E-state index contributed by atoms with van der Waals surface area (Å²) in [7, 11) is 1.73. The summed E-state index contributed by atoms with van der Waals surface area (Å²) in [6.45, 7) is 0.153. The van der Waals surface area contributed by atoms with Crippen molar-refractivity contribution >= 4 is 0 Å². The zero-order valence-electron chi connectivity index (χ0n) is 9.20. The highest BCUT2D eigenvalue weighted by Gasteiger charge is 2.49. The van der Waals surface area contributed by atoms with Crippen LogP contribution in [0.25, 0.3) is 0 Å². The second-order valence-corrected chi connectivity index (χ2v) is 4.41. The van der Waals surface area contributed by atoms with E-state index < -0.39 is 24.4 Å². The molecule has 1 aliphatic heterocycles. The van der Waals surface area contributed by atoms with Crippen LogP contribution < -0.4 is 17.0 Å². The molecule has 0 bridgehead atoms. The maximum absolute atomic E-state index is 9.70. The van der Waals surface area contributed by atoms with E-state index in [4.69, 9.17) is 5.11 Å². The van der Waals surface area contributed by atoms with Crippen LogP contribution in [0.4, 0.5) is 0 Å². The van der Waals surface area contributed by atoms with E-state index in [1.54, 1.807) is 7.05 Å². The predicted molar refractivity (Wildman–Crippen MR) is 51.9 cm³/mol. The average Bonchev–Trinajstić information content (AvgIpc) is 2.15. The van der Waals surface area contributed by atoms with Gasteiger partial charge in [0.05, 0.1) is 20.3 Å². The number of piperidine rings is 1. The third kappa shape index (κ3) is 2.92. The van der Waals surface area contributed by atoms with Crippen molar-refractivity contribution in [1.29, 1.82) is 0 Å². The second-order valence-electron chi connectivity index (χ2n) is 4.41. The van der Waals surface area contributed by atoms with Crippen molar-refractivity contribution in [2.24, 2.45) is 0 Å². The molecule has 98 valence electrons. The van der Waals surface area contributed by atoms with Crippen LogP contribution in [0.2, 0.25) is 0 Å². The SMILES string of the molecule is C[N+]1(CCO)C[C@@H](O)[C@@H](O)[C@H](O)[C@H]1CO.[Br-]. The summed E-state index contributed by atoms with van der Waals surface area (Å²) in [5, 5.41) is 46.8. The predicted octanol–water partition coefficient (Wildman–Crippen LogP) is -6.11. The number of rotatable bonds is 3. The van der Waals surface area contributed by atoms with Crippen molar-refractivity contribution in [2.75, 3.05) is 33.4 Å². The van der Waals surface area contributed by atoms with Crippen LogP contribution in [0.15, 0.2) is 0 Å². The van der Waals surface area contributed by atoms with Crippen molar-refractivity contribution in [2.45, 2.75) is 24.4 Å². The van der Waals surface area contributed by atoms with Gasteiger partial charge in [-0.3, -0.25) is 0 Å². The first-order valence-electron chi connectivity index (χ1n) is 5.06. The number of hydrogen-bond donors (Lipinski definition) is 5. The minimum atomic E-state index is -1.23. The van der Waals surface area contributed by atoms with E-state index in [-0.39, 0.29) is 41.2 Å². The minimum absolute atomic E-state index is 0. The Bertz CT molecular complexity index is 220. The van der Waals surface area contributed by atoms with E-state index in [2.05, 4.69) is 0 Å². The van der Waals surface area contributed by atoms with Gasteiger partial charge in [0.2, 0.25) is 0 Å². The number of aliphatic hydroxyl groups is 5. The van der Waals surface area contributed by atoms with Gasteiger partial charge in [0, 0.05) is 0 Å². The van der Waals surface area contributed by atoms with Gasteiger partial charge in [0.1, 0.15) is 37.4 Å². The zero-order chi connectivity index (χ0) is 11.6. The summed E-state index contributed by atoms with van der Waals surface area (Å²) in [6.07, 6.45) is -3.43. The van der Waals surface area contributed by atoms with Gasteiger partial charge in [-0.05, 0) is 0 Å². The summed E-state index contributed by atoms with van der Waals surface area (Å²) >= 11 is 0. The molecule has 6 nitrogen and oxygen atoms in total. The zero-order valence-corrected chi connectivity index (χ0v) is 10.8. The Balaban J connectivity index is 0.00000225. The first-order valence-corrected chi connectivity index (χ1v) is 5.06. The molecular weight excluding hydrogens is 282 g/mol. The van der Waals surface area contributed by atoms with Crippen molar-refractivity contribution in [3.8, 4) is 0 Å². The smallest absolute Gasteiger partial charge is 0.141 e. The molecule has 7 heteroatoms. The van der Waals surface area contributed by atoms with Crippen LogP contribution in [0, 0.1) is 0 Å². The standard InChI is InChI=1S/C9H20NO5.BrH/c1-10(2-3-11)4-7(13)9(15)8(14)6(10)5-12;/h6-9,11-15H,2-5H2,1H3;1H/q+1;/p-1/t6-,7-,8-,9-,10?;/m1./s1. The lowest BCUT2D eigenvalue weighted by Crippen LogP contribution is -3.00. The van der Waals surface area contributed by atoms with Gasteiger partial charge in [0.15, 0.2) is 0 Å². The number of aliphatic hydroxyl groups excluding tert-OH is 5. The van der Waals surface area contributed by atoms with Gasteiger partial charge in [-0.2, -0.15) is 0 Å². The molecule has 0 aromatic carbocycles. The van der Waals surface area contributed by atoms with E-state index in [0.717, 1.165) is 0 Å². The van der Waals surface area contributed by atoms with E-state index in [9.17, 15) is 20.4 Å². The maximum atomic E-state index is 9.70. The summed E-state index contributed by atoms with van der Waals surface area (Å²) < 4.78 is 0.159. The molecule has 1 aliphatic rings. The second kappa shape index (κ2) is 6.25. The highest BCUT2D eigenvalue weighted by atomic mass is 79.9. The van der Waals surface area contributed by atoms with Crippen LogP contribution in [-0.2, 0) is 0 Å². The van der Waals surface area contributed by atoms with E-state index in [1.165, 1.54) is 0 Å². The van der Waals surface area contributed by atoms with Crippen LogP contribution in [0.3, 0.4) is 0 Å². The molecule has 0 saturated carbocycles. The van der Waals surface area contributed by atoms with Gasteiger partial charge in [-0.1, -0.05) is 0 Å². The third-order valence-corrected chi connectivity index (χ3v) is 3.34. The van der Waals surface area contributed by atoms with Gasteiger partial charge in [-0.15, -0.1) is 0 Å². The number of halogens is 1. The number of hydrogen-bond acceptors (Lipinski definition) is 5. The molecule has 0 aromatic heterocycles. The minimum Gasteiger partial charge on any atom is -1.00 e. The fourth-order valence-electron chi connectivity index (χ4n) is 2.29. The van der Waals surface area contributed by atoms with Gasteiger partial charge >= 0.3 is 0 Å². The lowest BCUT2D eigenvalue weighted by atomic mass is 9.92. The molecule has 5 N–H and O–H groups in total. The Morgan fingerprint density at radius 1 is 1.12 bits per heavy atom. The number of likely N-dealkylation sites (N-methyl/N-ethyl adjacent to an activating group) is 1. The number of nitrogens with zero attached hydrogens (tertiary/aromatic N) is 1. The first-order chi connectivity index (χ1) is 6.96. The Kier molecular flexibility index (Phi) is 6.34. The molecule has 1 saturated heterocycles. The van der Waals surface area contributed by atoms with Crippen molar-refractivity contribution in [3.63, 3.8) is 0 Å². The van der Waals surface area contributed by atoms with Crippen LogP contribution in [0.5, 0.6) is 0 Å². The number of likely N-dealkylation sites (tertiary alicyclic amines) is 1. The molecule has 5 atom stereocenters. The number of quaternary nitrogens is 1. The van der Waals surface area contributed by atoms with Gasteiger partial charge in [-0.25, -0.2) is 0 Å². The quantitative estimate of drug-likeness (QED) is 0.334. The van der Waals surface area contributed by atoms with Crippen molar-refractivity contribution in [3.05, 3.63) is 0 Å². The molecular formula is C9H20BrNO5. The fourth-order valence-corrected chi connectivity index (χ4v) is 2.29. The Morgan fingerprint density at radius 3 is 2.12 bits per heavy atom. The normalized spacial score (nSPS) is 43.9. The van der Waals surface area contributed by atoms with Gasteiger partial charge in [0.25, 0.3) is 0 Å². The van der Waals surface area contributed by atoms with Gasteiger partial charge < -0.3 is 47.0 Å². The van der Waals surface area contributed by atoms with Crippen LogP contribution in [0.1, 0.15) is 0 Å². The molecule has 0 aliphatic carbocycles. The van der Waals surface area contributed by atoms with Crippen molar-refractivity contribution < 1.29 is 47.0 Å².